The highest BCUT2D eigenvalue weighted by molar-refractivity contribution is 7.80. The third kappa shape index (κ3) is 4.01. The molecule has 0 aliphatic carbocycles. The summed E-state index contributed by atoms with van der Waals surface area (Å²) in [5.74, 6) is 0.265. The molecule has 6 nitrogen and oxygen atoms in total. The maximum absolute atomic E-state index is 12.9. The van der Waals surface area contributed by atoms with E-state index in [0.29, 0.717) is 27.6 Å². The summed E-state index contributed by atoms with van der Waals surface area (Å²) in [7, 11) is 0. The summed E-state index contributed by atoms with van der Waals surface area (Å²) in [5.41, 5.74) is 10.3. The standard InChI is InChI=1S/C23H20N4O2S/c1-14-7-5-10-18(15(14)2)25-23(30)27-26-22(28)17-13-20(21-11-6-12-29-21)24-19-9-4-3-8-16(17)19/h3-13H,1-2H3,(H,26,28)(H2,25,27,30). The van der Waals surface area contributed by atoms with Crippen molar-refractivity contribution in [2.24, 2.45) is 0 Å². The molecule has 0 fully saturated rings. The van der Waals surface area contributed by atoms with Gasteiger partial charge in [0.05, 0.1) is 17.3 Å². The van der Waals surface area contributed by atoms with Crippen molar-refractivity contribution in [3.63, 3.8) is 0 Å². The van der Waals surface area contributed by atoms with E-state index in [2.05, 4.69) is 21.2 Å². The molecular formula is C23H20N4O2S. The van der Waals surface area contributed by atoms with Crippen LogP contribution in [0.3, 0.4) is 0 Å². The highest BCUT2D eigenvalue weighted by Gasteiger charge is 2.15. The minimum absolute atomic E-state index is 0.293. The summed E-state index contributed by atoms with van der Waals surface area (Å²) in [6, 6.07) is 18.7. The third-order valence-corrected chi connectivity index (χ3v) is 5.08. The normalized spacial score (nSPS) is 10.6. The van der Waals surface area contributed by atoms with Gasteiger partial charge in [-0.2, -0.15) is 0 Å². The molecule has 30 heavy (non-hydrogen) atoms. The van der Waals surface area contributed by atoms with Crippen molar-refractivity contribution in [2.75, 3.05) is 5.32 Å². The lowest BCUT2D eigenvalue weighted by Crippen LogP contribution is -2.44. The third-order valence-electron chi connectivity index (χ3n) is 4.88. The maximum atomic E-state index is 12.9. The van der Waals surface area contributed by atoms with Crippen LogP contribution in [0.15, 0.2) is 71.3 Å². The van der Waals surface area contributed by atoms with E-state index in [1.54, 1.807) is 24.5 Å². The van der Waals surface area contributed by atoms with Gasteiger partial charge in [-0.05, 0) is 67.5 Å². The number of hydrogen-bond acceptors (Lipinski definition) is 4. The largest absolute Gasteiger partial charge is 0.463 e. The number of nitrogens with one attached hydrogen (secondary N) is 3. The number of nitrogens with zero attached hydrogens (tertiary/aromatic N) is 1. The smallest absolute Gasteiger partial charge is 0.270 e. The number of amides is 1. The van der Waals surface area contributed by atoms with Gasteiger partial charge in [0.15, 0.2) is 10.9 Å². The topological polar surface area (TPSA) is 79.2 Å². The zero-order valence-corrected chi connectivity index (χ0v) is 17.3. The number of hydrogen-bond donors (Lipinski definition) is 3. The van der Waals surface area contributed by atoms with Crippen molar-refractivity contribution in [2.45, 2.75) is 13.8 Å². The predicted octanol–water partition coefficient (Wildman–Crippen LogP) is 4.74. The molecule has 1 amide bonds. The van der Waals surface area contributed by atoms with E-state index in [-0.39, 0.29) is 5.91 Å². The summed E-state index contributed by atoms with van der Waals surface area (Å²) in [6.07, 6.45) is 1.57. The predicted molar refractivity (Wildman–Crippen MR) is 122 cm³/mol. The van der Waals surface area contributed by atoms with Crippen LogP contribution >= 0.6 is 12.2 Å². The van der Waals surface area contributed by atoms with E-state index in [0.717, 1.165) is 22.2 Å². The number of pyridine rings is 1. The Bertz CT molecular complexity index is 1240. The van der Waals surface area contributed by atoms with E-state index in [4.69, 9.17) is 16.6 Å². The summed E-state index contributed by atoms with van der Waals surface area (Å²) in [6.45, 7) is 4.04. The molecule has 0 saturated carbocycles. The lowest BCUT2D eigenvalue weighted by molar-refractivity contribution is 0.0946. The number of rotatable bonds is 3. The molecule has 7 heteroatoms. The van der Waals surface area contributed by atoms with E-state index in [1.807, 2.05) is 56.3 Å². The molecule has 0 unspecified atom stereocenters. The molecule has 0 aliphatic rings. The van der Waals surface area contributed by atoms with Gasteiger partial charge in [-0.3, -0.25) is 15.6 Å². The molecule has 0 radical (unpaired) electrons. The number of para-hydroxylation sites is 1. The summed E-state index contributed by atoms with van der Waals surface area (Å²) >= 11 is 5.33. The minimum Gasteiger partial charge on any atom is -0.463 e. The van der Waals surface area contributed by atoms with Gasteiger partial charge in [0.1, 0.15) is 5.69 Å². The van der Waals surface area contributed by atoms with E-state index < -0.39 is 0 Å². The Kier molecular flexibility index (Phi) is 5.45. The van der Waals surface area contributed by atoms with E-state index >= 15 is 0 Å². The number of anilines is 1. The van der Waals surface area contributed by atoms with Gasteiger partial charge in [-0.1, -0.05) is 30.3 Å². The molecule has 4 rings (SSSR count). The maximum Gasteiger partial charge on any atom is 0.270 e. The van der Waals surface area contributed by atoms with Crippen LogP contribution in [0.25, 0.3) is 22.4 Å². The van der Waals surface area contributed by atoms with E-state index in [9.17, 15) is 4.79 Å². The Morgan fingerprint density at radius 1 is 1.00 bits per heavy atom. The Morgan fingerprint density at radius 3 is 2.63 bits per heavy atom. The Labute approximate surface area is 179 Å². The number of carbonyl (C=O) groups excluding carboxylic acids is 1. The second-order valence-corrected chi connectivity index (χ2v) is 7.24. The number of hydrazine groups is 1. The van der Waals surface area contributed by atoms with Crippen molar-refractivity contribution in [3.05, 3.63) is 83.6 Å². The molecule has 0 atom stereocenters. The molecule has 0 spiro atoms. The molecule has 0 aliphatic heterocycles. The van der Waals surface area contributed by atoms with Crippen LogP contribution in [0.2, 0.25) is 0 Å². The highest BCUT2D eigenvalue weighted by Crippen LogP contribution is 2.25. The summed E-state index contributed by atoms with van der Waals surface area (Å²) < 4.78 is 5.45. The molecule has 2 aromatic heterocycles. The monoisotopic (exact) mass is 416 g/mol. The SMILES string of the molecule is Cc1cccc(NC(=S)NNC(=O)c2cc(-c3ccco3)nc3ccccc23)c1C. The van der Waals surface area contributed by atoms with Crippen molar-refractivity contribution < 1.29 is 9.21 Å². The zero-order valence-electron chi connectivity index (χ0n) is 16.5. The van der Waals surface area contributed by atoms with E-state index in [1.165, 1.54) is 0 Å². The molecule has 2 heterocycles. The Hall–Kier alpha value is -3.71. The highest BCUT2D eigenvalue weighted by atomic mass is 32.1. The minimum atomic E-state index is -0.327. The molecule has 0 bridgehead atoms. The summed E-state index contributed by atoms with van der Waals surface area (Å²) in [4.78, 5) is 17.5. The fraction of sp³-hybridized carbons (Fsp3) is 0.0870. The van der Waals surface area contributed by atoms with Crippen LogP contribution < -0.4 is 16.2 Å². The van der Waals surface area contributed by atoms with Gasteiger partial charge >= 0.3 is 0 Å². The van der Waals surface area contributed by atoms with Crippen LogP contribution in [0.5, 0.6) is 0 Å². The number of fused-ring (bicyclic) bond motifs is 1. The number of furan rings is 1. The van der Waals surface area contributed by atoms with Crippen molar-refractivity contribution in [3.8, 4) is 11.5 Å². The lowest BCUT2D eigenvalue weighted by Gasteiger charge is -2.15. The molecule has 0 saturated heterocycles. The Morgan fingerprint density at radius 2 is 1.83 bits per heavy atom. The van der Waals surface area contributed by atoms with Crippen LogP contribution in [0.1, 0.15) is 21.5 Å². The van der Waals surface area contributed by atoms with Crippen LogP contribution in [-0.2, 0) is 0 Å². The van der Waals surface area contributed by atoms with Gasteiger partial charge < -0.3 is 9.73 Å². The first-order valence-corrected chi connectivity index (χ1v) is 9.81. The van der Waals surface area contributed by atoms with Gasteiger partial charge in [-0.25, -0.2) is 4.98 Å². The fourth-order valence-electron chi connectivity index (χ4n) is 3.13. The second-order valence-electron chi connectivity index (χ2n) is 6.83. The first kappa shape index (κ1) is 19.6. The number of carbonyl (C=O) groups is 1. The van der Waals surface area contributed by atoms with Gasteiger partial charge in [0.25, 0.3) is 5.91 Å². The Balaban J connectivity index is 1.54. The molecule has 2 aromatic carbocycles. The number of aryl methyl sites for hydroxylation is 1. The van der Waals surface area contributed by atoms with Crippen molar-refractivity contribution in [1.29, 1.82) is 0 Å². The average Bonchev–Trinajstić information content (AvgIpc) is 3.29. The first-order valence-electron chi connectivity index (χ1n) is 9.40. The first-order chi connectivity index (χ1) is 14.5. The van der Waals surface area contributed by atoms with Crippen LogP contribution in [-0.4, -0.2) is 16.0 Å². The number of benzene rings is 2. The van der Waals surface area contributed by atoms with Gasteiger partial charge in [0, 0.05) is 11.1 Å². The molecule has 3 N–H and O–H groups in total. The van der Waals surface area contributed by atoms with Crippen molar-refractivity contribution in [1.82, 2.24) is 15.8 Å². The average molecular weight is 417 g/mol. The molecule has 4 aromatic rings. The molecule has 150 valence electrons. The van der Waals surface area contributed by atoms with Gasteiger partial charge in [0.2, 0.25) is 0 Å². The quantitative estimate of drug-likeness (QED) is 0.331. The summed E-state index contributed by atoms with van der Waals surface area (Å²) in [5, 5.41) is 4.14. The number of thiocarbonyl (C=S) groups is 1. The number of aromatic nitrogens is 1. The van der Waals surface area contributed by atoms with Crippen LogP contribution in [0, 0.1) is 13.8 Å². The van der Waals surface area contributed by atoms with Gasteiger partial charge in [-0.15, -0.1) is 0 Å². The molecular weight excluding hydrogens is 396 g/mol. The lowest BCUT2D eigenvalue weighted by atomic mass is 10.1. The fourth-order valence-corrected chi connectivity index (χ4v) is 3.30. The van der Waals surface area contributed by atoms with Crippen molar-refractivity contribution >= 4 is 39.8 Å². The second kappa shape index (κ2) is 8.34. The zero-order chi connectivity index (χ0) is 21.1. The van der Waals surface area contributed by atoms with Crippen LogP contribution in [0.4, 0.5) is 5.69 Å².